The number of ketones is 1. The van der Waals surface area contributed by atoms with Crippen LogP contribution in [-0.4, -0.2) is 17.2 Å². The first kappa shape index (κ1) is 48.9. The van der Waals surface area contributed by atoms with E-state index >= 15 is 0 Å². The summed E-state index contributed by atoms with van der Waals surface area (Å²) in [6.45, 7) is 14.6. The van der Waals surface area contributed by atoms with Gasteiger partial charge in [-0.05, 0) is 104 Å². The van der Waals surface area contributed by atoms with Crippen LogP contribution in [0.25, 0.3) is 5.57 Å². The van der Waals surface area contributed by atoms with Gasteiger partial charge >= 0.3 is 0 Å². The quantitative estimate of drug-likeness (QED) is 0.166. The lowest BCUT2D eigenvalue weighted by Crippen LogP contribution is -2.24. The van der Waals surface area contributed by atoms with Crippen LogP contribution >= 0.6 is 0 Å². The number of hydrogen-bond acceptors (Lipinski definition) is 4. The summed E-state index contributed by atoms with van der Waals surface area (Å²) >= 11 is 0. The molecule has 5 aliphatic carbocycles. The SMILES string of the molecule is C=CC/C=C\C=C/CN(C1=CCC=CC=C1)C1=CCC=CC=C1.CC.CC.CC1=CC2=C(CC=C1)C(=O)C1C=CC=C(c3ccc(N(C4=CC=CC=CC4)c4ccccc4)cc3)C=C1O2. The van der Waals surface area contributed by atoms with Gasteiger partial charge in [0, 0.05) is 47.0 Å². The highest BCUT2D eigenvalue weighted by molar-refractivity contribution is 6.02. The van der Waals surface area contributed by atoms with Crippen LogP contribution < -0.4 is 4.90 Å². The number of fused-ring (bicyclic) bond motifs is 1. The fourth-order valence-electron chi connectivity index (χ4n) is 7.57. The summed E-state index contributed by atoms with van der Waals surface area (Å²) in [7, 11) is 0. The first-order valence-corrected chi connectivity index (χ1v) is 23.2. The molecule has 6 aliphatic rings. The second kappa shape index (κ2) is 27.1. The molecule has 4 heteroatoms. The maximum absolute atomic E-state index is 13.3. The molecule has 1 unspecified atom stereocenters. The van der Waals surface area contributed by atoms with E-state index in [4.69, 9.17) is 4.74 Å². The number of hydrogen-bond donors (Lipinski definition) is 0. The van der Waals surface area contributed by atoms with Gasteiger partial charge in [-0.1, -0.05) is 192 Å². The highest BCUT2D eigenvalue weighted by Gasteiger charge is 2.33. The number of ether oxygens (including phenoxy) is 1. The molecule has 0 saturated heterocycles. The number of nitrogens with zero attached hydrogens (tertiary/aromatic N) is 2. The van der Waals surface area contributed by atoms with Crippen LogP contribution in [0.2, 0.25) is 0 Å². The highest BCUT2D eigenvalue weighted by Crippen LogP contribution is 2.38. The third kappa shape index (κ3) is 14.2. The predicted octanol–water partition coefficient (Wildman–Crippen LogP) is 16.3. The summed E-state index contributed by atoms with van der Waals surface area (Å²) in [6.07, 6.45) is 61.0. The van der Waals surface area contributed by atoms with Crippen molar-refractivity contribution in [1.29, 1.82) is 0 Å². The van der Waals surface area contributed by atoms with Crippen molar-refractivity contribution in [3.8, 4) is 0 Å². The van der Waals surface area contributed by atoms with E-state index in [1.807, 2.05) is 83.2 Å². The van der Waals surface area contributed by atoms with Crippen LogP contribution in [0.5, 0.6) is 0 Å². The summed E-state index contributed by atoms with van der Waals surface area (Å²) < 4.78 is 6.34. The average molecular weight is 859 g/mol. The van der Waals surface area contributed by atoms with Gasteiger partial charge in [0.25, 0.3) is 0 Å². The first-order chi connectivity index (χ1) is 32.1. The molecular weight excluding hydrogens is 793 g/mol. The Labute approximate surface area is 390 Å². The standard InChI is InChI=1S/C35H29NO2.C22H25N.2C2H6/c1-25-11-9-17-31-33(23-25)38-34-24-27(12-10-18-32(34)35(31)37)26-19-21-30(22-20-26)36(29-15-7-4-8-16-29)28-13-5-2-3-6-14-28;1-2-3-4-5-10-15-20-23(21-16-11-6-7-12-17-21)22-18-13-8-9-14-19-22;2*1-2/h2-13,15-16,18-24,32H,14,17H2,1H3;2,4-11,13,15-19H,1,3,12,14,20H2;2*1-2H3/b;5-4-,15-10-;;. The molecule has 2 aromatic carbocycles. The first-order valence-electron chi connectivity index (χ1n) is 23.2. The largest absolute Gasteiger partial charge is 0.460 e. The topological polar surface area (TPSA) is 32.8 Å². The van der Waals surface area contributed by atoms with Gasteiger partial charge in [0.2, 0.25) is 0 Å². The number of rotatable bonds is 11. The summed E-state index contributed by atoms with van der Waals surface area (Å²) in [5.74, 6) is 1.08. The molecule has 0 aromatic heterocycles. The monoisotopic (exact) mass is 859 g/mol. The van der Waals surface area contributed by atoms with Gasteiger partial charge in [-0.3, -0.25) is 4.79 Å². The molecular formula is C61H66N2O2. The van der Waals surface area contributed by atoms with Crippen LogP contribution in [0.3, 0.4) is 0 Å². The molecule has 332 valence electrons. The zero-order chi connectivity index (χ0) is 46.1. The Kier molecular flexibility index (Phi) is 20.4. The van der Waals surface area contributed by atoms with Gasteiger partial charge in [0.1, 0.15) is 11.5 Å². The van der Waals surface area contributed by atoms with E-state index < -0.39 is 0 Å². The Morgan fingerprint density at radius 3 is 2.08 bits per heavy atom. The summed E-state index contributed by atoms with van der Waals surface area (Å²) in [4.78, 5) is 18.0. The minimum absolute atomic E-state index is 0.118. The molecule has 65 heavy (non-hydrogen) atoms. The fourth-order valence-corrected chi connectivity index (χ4v) is 7.57. The van der Waals surface area contributed by atoms with Crippen LogP contribution in [0.1, 0.15) is 72.3 Å². The smallest absolute Gasteiger partial charge is 0.177 e. The zero-order valence-corrected chi connectivity index (χ0v) is 39.0. The van der Waals surface area contributed by atoms with E-state index in [9.17, 15) is 4.79 Å². The molecule has 0 N–H and O–H groups in total. The van der Waals surface area contributed by atoms with Crippen LogP contribution in [-0.2, 0) is 9.53 Å². The predicted molar refractivity (Wildman–Crippen MR) is 280 cm³/mol. The van der Waals surface area contributed by atoms with E-state index in [0.29, 0.717) is 17.9 Å². The van der Waals surface area contributed by atoms with Crippen LogP contribution in [0.4, 0.5) is 11.4 Å². The van der Waals surface area contributed by atoms with E-state index in [-0.39, 0.29) is 11.7 Å². The van der Waals surface area contributed by atoms with Gasteiger partial charge in [-0.2, -0.15) is 0 Å². The van der Waals surface area contributed by atoms with Gasteiger partial charge in [-0.15, -0.1) is 6.58 Å². The summed E-state index contributed by atoms with van der Waals surface area (Å²) in [6, 6.07) is 19.0. The molecule has 0 radical (unpaired) electrons. The molecule has 8 rings (SSSR count). The van der Waals surface area contributed by atoms with E-state index in [2.05, 4.69) is 186 Å². The Hall–Kier alpha value is -7.17. The number of carbonyl (C=O) groups is 1. The molecule has 0 fully saturated rings. The van der Waals surface area contributed by atoms with Crippen molar-refractivity contribution in [1.82, 2.24) is 4.90 Å². The van der Waals surface area contributed by atoms with Crippen molar-refractivity contribution in [3.63, 3.8) is 0 Å². The summed E-state index contributed by atoms with van der Waals surface area (Å²) in [5, 5.41) is 0. The third-order valence-electron chi connectivity index (χ3n) is 10.6. The zero-order valence-electron chi connectivity index (χ0n) is 39.0. The van der Waals surface area contributed by atoms with Gasteiger partial charge in [0.05, 0.1) is 5.92 Å². The third-order valence-corrected chi connectivity index (χ3v) is 10.6. The molecule has 0 spiro atoms. The fraction of sp³-hybridized carbons (Fsp3) is 0.197. The normalized spacial score (nSPS) is 18.0. The lowest BCUT2D eigenvalue weighted by molar-refractivity contribution is -0.118. The molecule has 4 nitrogen and oxygen atoms in total. The minimum atomic E-state index is -0.390. The Morgan fingerprint density at radius 2 is 1.37 bits per heavy atom. The Morgan fingerprint density at radius 1 is 0.692 bits per heavy atom. The van der Waals surface area contributed by atoms with Gasteiger partial charge in [-0.25, -0.2) is 0 Å². The minimum Gasteiger partial charge on any atom is -0.460 e. The van der Waals surface area contributed by atoms with Crippen LogP contribution in [0.15, 0.2) is 265 Å². The van der Waals surface area contributed by atoms with E-state index in [0.717, 1.165) is 65.9 Å². The second-order valence-corrected chi connectivity index (χ2v) is 15.0. The molecule has 1 atom stereocenters. The molecule has 1 aliphatic heterocycles. The van der Waals surface area contributed by atoms with Crippen molar-refractivity contribution < 1.29 is 9.53 Å². The van der Waals surface area contributed by atoms with Crippen LogP contribution in [0, 0.1) is 5.92 Å². The summed E-state index contributed by atoms with van der Waals surface area (Å²) in [5.41, 5.74) is 9.81. The van der Waals surface area contributed by atoms with Crippen molar-refractivity contribution in [3.05, 3.63) is 271 Å². The number of Topliss-reactive ketones (excluding diaryl/α,β-unsaturated/α-hetero) is 1. The average Bonchev–Trinajstić information content (AvgIpc) is 4.00. The lowest BCUT2D eigenvalue weighted by Gasteiger charge is -2.27. The lowest BCUT2D eigenvalue weighted by atomic mass is 9.90. The molecule has 0 saturated carbocycles. The molecule has 0 bridgehead atoms. The number of anilines is 2. The number of para-hydroxylation sites is 1. The number of carbonyl (C=O) groups excluding carboxylic acids is 1. The number of allylic oxidation sites excluding steroid dienone is 29. The van der Waals surface area contributed by atoms with Crippen molar-refractivity contribution in [2.45, 2.75) is 66.7 Å². The maximum atomic E-state index is 13.3. The second-order valence-electron chi connectivity index (χ2n) is 15.0. The maximum Gasteiger partial charge on any atom is 0.177 e. The Balaban J connectivity index is 0.000000253. The Bertz CT molecular complexity index is 2430. The highest BCUT2D eigenvalue weighted by atomic mass is 16.5. The van der Waals surface area contributed by atoms with Gasteiger partial charge in [0.15, 0.2) is 5.78 Å². The molecule has 1 heterocycles. The number of benzene rings is 2. The van der Waals surface area contributed by atoms with Crippen molar-refractivity contribution in [2.24, 2.45) is 5.92 Å². The van der Waals surface area contributed by atoms with E-state index in [1.54, 1.807) is 0 Å². The van der Waals surface area contributed by atoms with Crippen molar-refractivity contribution in [2.75, 3.05) is 11.4 Å². The molecule has 2 aromatic rings. The van der Waals surface area contributed by atoms with E-state index in [1.165, 1.54) is 17.1 Å². The molecule has 0 amide bonds. The van der Waals surface area contributed by atoms with Crippen molar-refractivity contribution >= 4 is 22.7 Å². The van der Waals surface area contributed by atoms with Gasteiger partial charge < -0.3 is 14.5 Å².